The van der Waals surface area contributed by atoms with Gasteiger partial charge in [-0.05, 0) is 63.2 Å². The number of ketones is 1. The van der Waals surface area contributed by atoms with Gasteiger partial charge in [0.2, 0.25) is 5.78 Å². The van der Waals surface area contributed by atoms with Crippen molar-refractivity contribution in [1.29, 1.82) is 0 Å². The van der Waals surface area contributed by atoms with Gasteiger partial charge in [0.1, 0.15) is 5.82 Å². The summed E-state index contributed by atoms with van der Waals surface area (Å²) in [7, 11) is 0. The molecule has 1 amide bonds. The van der Waals surface area contributed by atoms with E-state index in [9.17, 15) is 14.0 Å². The molecule has 182 valence electrons. The number of benzene rings is 2. The van der Waals surface area contributed by atoms with Gasteiger partial charge in [-0.25, -0.2) is 9.37 Å². The summed E-state index contributed by atoms with van der Waals surface area (Å²) in [5.74, 6) is -1.11. The summed E-state index contributed by atoms with van der Waals surface area (Å²) in [6.07, 6.45) is 3.03. The topological polar surface area (TPSA) is 76.9 Å². The molecule has 0 unspecified atom stereocenters. The summed E-state index contributed by atoms with van der Waals surface area (Å²) in [4.78, 5) is 30.0. The lowest BCUT2D eigenvalue weighted by Gasteiger charge is -2.23. The van der Waals surface area contributed by atoms with Crippen LogP contribution < -0.4 is 5.32 Å². The van der Waals surface area contributed by atoms with E-state index in [1.807, 2.05) is 34.6 Å². The zero-order chi connectivity index (χ0) is 25.8. The number of amides is 1. The number of aromatic nitrogens is 3. The number of hydrogen-bond acceptors (Lipinski definition) is 5. The first kappa shape index (κ1) is 26.2. The number of hydrogen-bond donors (Lipinski definition) is 1. The maximum Gasteiger partial charge on any atom is 0.259 e. The lowest BCUT2D eigenvalue weighted by molar-refractivity contribution is 0.102. The zero-order valence-corrected chi connectivity index (χ0v) is 21.7. The molecule has 2 heterocycles. The predicted octanol–water partition coefficient (Wildman–Crippen LogP) is 7.06. The molecule has 0 fully saturated rings. The second kappa shape index (κ2) is 10.9. The molecule has 4 rings (SSSR count). The van der Waals surface area contributed by atoms with Crippen LogP contribution in [0.4, 0.5) is 10.1 Å². The van der Waals surface area contributed by atoms with Crippen LogP contribution in [0.25, 0.3) is 11.3 Å². The second-order valence-corrected chi connectivity index (χ2v) is 9.61. The summed E-state index contributed by atoms with van der Waals surface area (Å²) >= 11 is 7.44. The van der Waals surface area contributed by atoms with Crippen molar-refractivity contribution in [3.05, 3.63) is 87.2 Å². The third kappa shape index (κ3) is 5.83. The van der Waals surface area contributed by atoms with Gasteiger partial charge in [-0.15, -0.1) is 11.3 Å². The van der Waals surface area contributed by atoms with Crippen molar-refractivity contribution in [2.75, 3.05) is 5.32 Å². The Morgan fingerprint density at radius 2 is 1.74 bits per heavy atom. The Kier molecular flexibility index (Phi) is 8.19. The predicted molar refractivity (Wildman–Crippen MR) is 139 cm³/mol. The number of rotatable bonds is 5. The minimum absolute atomic E-state index is 0.244. The van der Waals surface area contributed by atoms with Crippen LogP contribution in [0.15, 0.2) is 60.2 Å². The Hall–Kier alpha value is -3.36. The molecule has 0 radical (unpaired) electrons. The van der Waals surface area contributed by atoms with E-state index in [-0.39, 0.29) is 22.2 Å². The van der Waals surface area contributed by atoms with Gasteiger partial charge in [0.05, 0.1) is 28.0 Å². The van der Waals surface area contributed by atoms with E-state index in [0.29, 0.717) is 27.5 Å². The van der Waals surface area contributed by atoms with Crippen molar-refractivity contribution in [3.63, 3.8) is 0 Å². The first-order valence-corrected chi connectivity index (χ1v) is 12.3. The van der Waals surface area contributed by atoms with Gasteiger partial charge >= 0.3 is 0 Å². The maximum absolute atomic E-state index is 13.5. The summed E-state index contributed by atoms with van der Waals surface area (Å²) in [6, 6.07) is 10.6. The van der Waals surface area contributed by atoms with E-state index >= 15 is 0 Å². The van der Waals surface area contributed by atoms with Gasteiger partial charge in [-0.2, -0.15) is 5.10 Å². The number of anilines is 1. The molecule has 1 N–H and O–H groups in total. The fraction of sp³-hybridized carbons (Fsp3) is 0.231. The number of nitrogens with zero attached hydrogens (tertiary/aromatic N) is 3. The normalized spacial score (nSPS) is 10.9. The standard InChI is InChI=1S/C24H20ClFN4O2S.C2H6/c1-24(2,3)30-20(14-4-6-15(26)7-5-14)18(13-28-30)22(32)29-16-8-9-19(25)17(12-16)21(31)23-27-10-11-33-23;1-2/h4-13H,1-3H3,(H,29,32);1-2H3. The zero-order valence-electron chi connectivity index (χ0n) is 20.1. The first-order valence-electron chi connectivity index (χ1n) is 11.0. The van der Waals surface area contributed by atoms with Crippen LogP contribution in [-0.2, 0) is 5.54 Å². The second-order valence-electron chi connectivity index (χ2n) is 8.31. The molecule has 0 aliphatic carbocycles. The molecule has 0 bridgehead atoms. The molecule has 0 saturated carbocycles. The quantitative estimate of drug-likeness (QED) is 0.290. The maximum atomic E-state index is 13.5. The van der Waals surface area contributed by atoms with Crippen molar-refractivity contribution in [2.45, 2.75) is 40.2 Å². The van der Waals surface area contributed by atoms with Crippen molar-refractivity contribution < 1.29 is 14.0 Å². The van der Waals surface area contributed by atoms with Crippen molar-refractivity contribution in [3.8, 4) is 11.3 Å². The molecule has 0 atom stereocenters. The van der Waals surface area contributed by atoms with Crippen LogP contribution >= 0.6 is 22.9 Å². The van der Waals surface area contributed by atoms with Crippen molar-refractivity contribution >= 4 is 40.3 Å². The molecule has 35 heavy (non-hydrogen) atoms. The van der Waals surface area contributed by atoms with E-state index in [1.54, 1.807) is 40.5 Å². The van der Waals surface area contributed by atoms with Gasteiger partial charge in [0, 0.05) is 28.4 Å². The SMILES string of the molecule is CC.CC(C)(C)n1ncc(C(=O)Nc2ccc(Cl)c(C(=O)c3nccs3)c2)c1-c1ccc(F)cc1. The fourth-order valence-electron chi connectivity index (χ4n) is 3.34. The van der Waals surface area contributed by atoms with Crippen LogP contribution in [0.3, 0.4) is 0 Å². The lowest BCUT2D eigenvalue weighted by Crippen LogP contribution is -2.24. The molecule has 4 aromatic rings. The first-order chi connectivity index (χ1) is 16.6. The van der Waals surface area contributed by atoms with Gasteiger partial charge < -0.3 is 5.32 Å². The van der Waals surface area contributed by atoms with Crippen LogP contribution in [-0.4, -0.2) is 26.5 Å². The minimum Gasteiger partial charge on any atom is -0.322 e. The van der Waals surface area contributed by atoms with Crippen molar-refractivity contribution in [1.82, 2.24) is 14.8 Å². The van der Waals surface area contributed by atoms with E-state index in [0.717, 1.165) is 0 Å². The molecular formula is C26H26ClFN4O2S. The van der Waals surface area contributed by atoms with Gasteiger partial charge in [0.15, 0.2) is 5.01 Å². The number of carbonyl (C=O) groups is 2. The molecule has 0 aliphatic heterocycles. The van der Waals surface area contributed by atoms with Crippen LogP contribution in [0.2, 0.25) is 5.02 Å². The Balaban J connectivity index is 0.00000167. The van der Waals surface area contributed by atoms with Crippen molar-refractivity contribution in [2.24, 2.45) is 0 Å². The number of halogens is 2. The average molecular weight is 513 g/mol. The number of thiazole rings is 1. The van der Waals surface area contributed by atoms with E-state index < -0.39 is 11.4 Å². The number of carbonyl (C=O) groups excluding carboxylic acids is 2. The number of nitrogens with one attached hydrogen (secondary N) is 1. The molecule has 2 aromatic heterocycles. The monoisotopic (exact) mass is 512 g/mol. The third-order valence-corrected chi connectivity index (χ3v) is 5.96. The van der Waals surface area contributed by atoms with Crippen LogP contribution in [0, 0.1) is 5.82 Å². The van der Waals surface area contributed by atoms with Gasteiger partial charge in [-0.1, -0.05) is 25.4 Å². The van der Waals surface area contributed by atoms with E-state index in [1.165, 1.54) is 35.7 Å². The van der Waals surface area contributed by atoms with Gasteiger partial charge in [-0.3, -0.25) is 14.3 Å². The Labute approximate surface area is 212 Å². The van der Waals surface area contributed by atoms with E-state index in [4.69, 9.17) is 11.6 Å². The smallest absolute Gasteiger partial charge is 0.259 e. The van der Waals surface area contributed by atoms with E-state index in [2.05, 4.69) is 15.4 Å². The molecule has 2 aromatic carbocycles. The molecule has 9 heteroatoms. The molecule has 6 nitrogen and oxygen atoms in total. The Morgan fingerprint density at radius 1 is 1.06 bits per heavy atom. The fourth-order valence-corrected chi connectivity index (χ4v) is 4.13. The van der Waals surface area contributed by atoms with Gasteiger partial charge in [0.25, 0.3) is 5.91 Å². The molecular weight excluding hydrogens is 487 g/mol. The summed E-state index contributed by atoms with van der Waals surface area (Å²) in [5.41, 5.74) is 1.76. The molecule has 0 saturated heterocycles. The largest absolute Gasteiger partial charge is 0.322 e. The lowest BCUT2D eigenvalue weighted by atomic mass is 10.0. The highest BCUT2D eigenvalue weighted by Crippen LogP contribution is 2.30. The highest BCUT2D eigenvalue weighted by Gasteiger charge is 2.26. The third-order valence-electron chi connectivity index (χ3n) is 4.86. The Morgan fingerprint density at radius 3 is 2.34 bits per heavy atom. The Bertz CT molecular complexity index is 1330. The molecule has 0 aliphatic rings. The average Bonchev–Trinajstić information content (AvgIpc) is 3.52. The summed E-state index contributed by atoms with van der Waals surface area (Å²) < 4.78 is 15.2. The minimum atomic E-state index is -0.421. The highest BCUT2D eigenvalue weighted by molar-refractivity contribution is 7.11. The molecule has 0 spiro atoms. The summed E-state index contributed by atoms with van der Waals surface area (Å²) in [6.45, 7) is 9.89. The van der Waals surface area contributed by atoms with Crippen LogP contribution in [0.5, 0.6) is 0 Å². The van der Waals surface area contributed by atoms with Crippen LogP contribution in [0.1, 0.15) is 60.3 Å². The highest BCUT2D eigenvalue weighted by atomic mass is 35.5. The summed E-state index contributed by atoms with van der Waals surface area (Å²) in [5, 5.41) is 9.52.